The predicted octanol–water partition coefficient (Wildman–Crippen LogP) is 3.36. The Bertz CT molecular complexity index is 714. The van der Waals surface area contributed by atoms with Gasteiger partial charge < -0.3 is 14.4 Å². The summed E-state index contributed by atoms with van der Waals surface area (Å²) in [6, 6.07) is 16.0. The van der Waals surface area contributed by atoms with Crippen LogP contribution in [0, 0.1) is 0 Å². The van der Waals surface area contributed by atoms with Crippen LogP contribution in [0.1, 0.15) is 29.2 Å². The van der Waals surface area contributed by atoms with Crippen LogP contribution in [0.2, 0.25) is 0 Å². The molecule has 0 saturated carbocycles. The summed E-state index contributed by atoms with van der Waals surface area (Å²) >= 11 is 0. The first-order valence-corrected chi connectivity index (χ1v) is 8.23. The third-order valence-corrected chi connectivity index (χ3v) is 4.43. The molecule has 1 aliphatic rings. The van der Waals surface area contributed by atoms with E-state index in [0.717, 1.165) is 23.3 Å². The van der Waals surface area contributed by atoms with Gasteiger partial charge in [0, 0.05) is 13.6 Å². The van der Waals surface area contributed by atoms with Crippen molar-refractivity contribution in [3.05, 3.63) is 65.2 Å². The molecule has 1 atom stereocenters. The van der Waals surface area contributed by atoms with Gasteiger partial charge >= 0.3 is 0 Å². The molecule has 24 heavy (non-hydrogen) atoms. The van der Waals surface area contributed by atoms with Crippen LogP contribution in [-0.4, -0.2) is 31.6 Å². The number of amides is 1. The standard InChI is InChI=1S/C20H23NO3/c1-21(14-15-6-5-8-17(12-15)23-2)20(22)13-19-18-9-4-3-7-16(18)10-11-24-19/h3-9,12,19H,10-11,13-14H2,1-2H3/t19-/m1/s1. The van der Waals surface area contributed by atoms with Crippen LogP contribution in [0.5, 0.6) is 5.75 Å². The van der Waals surface area contributed by atoms with E-state index in [2.05, 4.69) is 12.1 Å². The molecular formula is C20H23NO3. The lowest BCUT2D eigenvalue weighted by atomic mass is 9.95. The third kappa shape index (κ3) is 3.77. The Morgan fingerprint density at radius 2 is 2.08 bits per heavy atom. The second kappa shape index (κ2) is 7.49. The molecule has 2 aromatic rings. The zero-order chi connectivity index (χ0) is 16.9. The van der Waals surface area contributed by atoms with Gasteiger partial charge in [0.15, 0.2) is 0 Å². The van der Waals surface area contributed by atoms with Crippen molar-refractivity contribution in [2.45, 2.75) is 25.5 Å². The van der Waals surface area contributed by atoms with E-state index in [-0.39, 0.29) is 12.0 Å². The second-order valence-electron chi connectivity index (χ2n) is 6.11. The molecule has 0 aromatic heterocycles. The number of carbonyl (C=O) groups excluding carboxylic acids is 1. The summed E-state index contributed by atoms with van der Waals surface area (Å²) in [5.41, 5.74) is 3.49. The van der Waals surface area contributed by atoms with Crippen LogP contribution < -0.4 is 4.74 Å². The topological polar surface area (TPSA) is 38.8 Å². The monoisotopic (exact) mass is 325 g/mol. The average molecular weight is 325 g/mol. The molecule has 4 nitrogen and oxygen atoms in total. The molecule has 1 aliphatic heterocycles. The van der Waals surface area contributed by atoms with Crippen molar-refractivity contribution in [3.8, 4) is 5.75 Å². The molecule has 0 aliphatic carbocycles. The van der Waals surface area contributed by atoms with Crippen LogP contribution in [0.4, 0.5) is 0 Å². The van der Waals surface area contributed by atoms with Crippen LogP contribution in [0.15, 0.2) is 48.5 Å². The number of methoxy groups -OCH3 is 1. The van der Waals surface area contributed by atoms with Crippen molar-refractivity contribution in [2.24, 2.45) is 0 Å². The molecule has 0 unspecified atom stereocenters. The summed E-state index contributed by atoms with van der Waals surface area (Å²) in [6.07, 6.45) is 1.15. The smallest absolute Gasteiger partial charge is 0.225 e. The Labute approximate surface area is 143 Å². The van der Waals surface area contributed by atoms with Gasteiger partial charge in [0.05, 0.1) is 26.2 Å². The first-order chi connectivity index (χ1) is 11.7. The number of rotatable bonds is 5. The number of ether oxygens (including phenoxy) is 2. The minimum absolute atomic E-state index is 0.0829. The van der Waals surface area contributed by atoms with E-state index in [1.165, 1.54) is 5.56 Å². The zero-order valence-corrected chi connectivity index (χ0v) is 14.2. The summed E-state index contributed by atoms with van der Waals surface area (Å²) in [6.45, 7) is 1.24. The maximum atomic E-state index is 12.6. The highest BCUT2D eigenvalue weighted by Crippen LogP contribution is 2.30. The first-order valence-electron chi connectivity index (χ1n) is 8.23. The van der Waals surface area contributed by atoms with E-state index < -0.39 is 0 Å². The summed E-state index contributed by atoms with van der Waals surface area (Å²) < 4.78 is 11.1. The van der Waals surface area contributed by atoms with Gasteiger partial charge in [-0.1, -0.05) is 36.4 Å². The number of nitrogens with zero attached hydrogens (tertiary/aromatic N) is 1. The van der Waals surface area contributed by atoms with Gasteiger partial charge in [-0.3, -0.25) is 4.79 Å². The summed E-state index contributed by atoms with van der Waals surface area (Å²) in [4.78, 5) is 14.3. The minimum Gasteiger partial charge on any atom is -0.497 e. The molecule has 2 aromatic carbocycles. The van der Waals surface area contributed by atoms with E-state index in [4.69, 9.17) is 9.47 Å². The maximum absolute atomic E-state index is 12.6. The third-order valence-electron chi connectivity index (χ3n) is 4.43. The zero-order valence-electron chi connectivity index (χ0n) is 14.2. The highest BCUT2D eigenvalue weighted by atomic mass is 16.5. The minimum atomic E-state index is -0.143. The number of carbonyl (C=O) groups is 1. The predicted molar refractivity (Wildman–Crippen MR) is 92.9 cm³/mol. The van der Waals surface area contributed by atoms with Gasteiger partial charge in [-0.2, -0.15) is 0 Å². The van der Waals surface area contributed by atoms with Crippen LogP contribution in [0.25, 0.3) is 0 Å². The van der Waals surface area contributed by atoms with Gasteiger partial charge in [0.2, 0.25) is 5.91 Å². The van der Waals surface area contributed by atoms with Gasteiger partial charge in [-0.05, 0) is 35.2 Å². The van der Waals surface area contributed by atoms with Crippen LogP contribution >= 0.6 is 0 Å². The van der Waals surface area contributed by atoms with Crippen molar-refractivity contribution in [3.63, 3.8) is 0 Å². The summed E-state index contributed by atoms with van der Waals surface area (Å²) in [5.74, 6) is 0.886. The van der Waals surface area contributed by atoms with E-state index in [0.29, 0.717) is 19.6 Å². The lowest BCUT2D eigenvalue weighted by molar-refractivity contribution is -0.133. The molecule has 1 heterocycles. The molecule has 1 amide bonds. The van der Waals surface area contributed by atoms with Crippen LogP contribution in [-0.2, 0) is 22.5 Å². The lowest BCUT2D eigenvalue weighted by Gasteiger charge is -2.27. The molecule has 126 valence electrons. The Morgan fingerprint density at radius 1 is 1.25 bits per heavy atom. The Kier molecular flexibility index (Phi) is 5.16. The molecule has 0 fully saturated rings. The largest absolute Gasteiger partial charge is 0.497 e. The summed E-state index contributed by atoms with van der Waals surface area (Å²) in [7, 11) is 3.47. The van der Waals surface area contributed by atoms with Crippen LogP contribution in [0.3, 0.4) is 0 Å². The number of hydrogen-bond acceptors (Lipinski definition) is 3. The Hall–Kier alpha value is -2.33. The first kappa shape index (κ1) is 16.5. The quantitative estimate of drug-likeness (QED) is 0.846. The van der Waals surface area contributed by atoms with E-state index in [1.807, 2.05) is 43.4 Å². The van der Waals surface area contributed by atoms with Crippen molar-refractivity contribution < 1.29 is 14.3 Å². The molecule has 0 bridgehead atoms. The fourth-order valence-electron chi connectivity index (χ4n) is 3.09. The van der Waals surface area contributed by atoms with Gasteiger partial charge in [-0.15, -0.1) is 0 Å². The number of benzene rings is 2. The van der Waals surface area contributed by atoms with Gasteiger partial charge in [0.1, 0.15) is 5.75 Å². The Morgan fingerprint density at radius 3 is 2.92 bits per heavy atom. The second-order valence-corrected chi connectivity index (χ2v) is 6.11. The van der Waals surface area contributed by atoms with Gasteiger partial charge in [0.25, 0.3) is 0 Å². The number of fused-ring (bicyclic) bond motifs is 1. The Balaban J connectivity index is 1.64. The fraction of sp³-hybridized carbons (Fsp3) is 0.350. The normalized spacial score (nSPS) is 16.3. The van der Waals surface area contributed by atoms with Crippen molar-refractivity contribution in [2.75, 3.05) is 20.8 Å². The average Bonchev–Trinajstić information content (AvgIpc) is 2.62. The highest BCUT2D eigenvalue weighted by molar-refractivity contribution is 5.76. The number of hydrogen-bond donors (Lipinski definition) is 0. The molecule has 0 N–H and O–H groups in total. The molecule has 0 spiro atoms. The molecule has 3 rings (SSSR count). The SMILES string of the molecule is COc1cccc(CN(C)C(=O)C[C@H]2OCCc3ccccc32)c1. The highest BCUT2D eigenvalue weighted by Gasteiger charge is 2.24. The maximum Gasteiger partial charge on any atom is 0.225 e. The molecular weight excluding hydrogens is 302 g/mol. The van der Waals surface area contributed by atoms with E-state index >= 15 is 0 Å². The lowest BCUT2D eigenvalue weighted by Crippen LogP contribution is -2.29. The van der Waals surface area contributed by atoms with Crippen molar-refractivity contribution >= 4 is 5.91 Å². The van der Waals surface area contributed by atoms with Gasteiger partial charge in [-0.25, -0.2) is 0 Å². The van der Waals surface area contributed by atoms with E-state index in [1.54, 1.807) is 12.0 Å². The van der Waals surface area contributed by atoms with Crippen molar-refractivity contribution in [1.82, 2.24) is 4.90 Å². The summed E-state index contributed by atoms with van der Waals surface area (Å²) in [5, 5.41) is 0. The molecule has 4 heteroatoms. The molecule has 0 saturated heterocycles. The van der Waals surface area contributed by atoms with E-state index in [9.17, 15) is 4.79 Å². The van der Waals surface area contributed by atoms with Crippen molar-refractivity contribution in [1.29, 1.82) is 0 Å². The molecule has 0 radical (unpaired) electrons. The fourth-order valence-corrected chi connectivity index (χ4v) is 3.09.